The Morgan fingerprint density at radius 3 is 2.80 bits per heavy atom. The Bertz CT molecular complexity index is 1110. The number of rotatable bonds is 6. The molecule has 0 saturated carbocycles. The Labute approximate surface area is 179 Å². The van der Waals surface area contributed by atoms with Crippen LogP contribution in [0.4, 0.5) is 5.88 Å². The van der Waals surface area contributed by atoms with Gasteiger partial charge in [-0.25, -0.2) is 8.42 Å². The molecule has 0 bridgehead atoms. The molecule has 1 aliphatic rings. The third-order valence-electron chi connectivity index (χ3n) is 5.26. The Morgan fingerprint density at radius 1 is 1.30 bits per heavy atom. The van der Waals surface area contributed by atoms with Gasteiger partial charge in [0.1, 0.15) is 9.90 Å². The van der Waals surface area contributed by atoms with Gasteiger partial charge in [-0.2, -0.15) is 4.31 Å². The minimum atomic E-state index is -3.56. The van der Waals surface area contributed by atoms with Crippen LogP contribution in [0.5, 0.6) is 0 Å². The molecule has 3 aromatic rings. The van der Waals surface area contributed by atoms with Gasteiger partial charge in [-0.15, -0.1) is 11.3 Å². The molecule has 2 aromatic heterocycles. The standard InChI is InChI=1S/C21H23N3O4S2/c1-2-15-7-9-16(10-8-15)18-13-19(28-23-18)22-21(25)17-5-3-11-24(14-17)30(26,27)20-6-4-12-29-20/h4,6-10,12-13,17H,2-3,5,11,14H2,1H3,(H,22,25). The molecule has 0 aliphatic carbocycles. The number of anilines is 1. The van der Waals surface area contributed by atoms with Crippen molar-refractivity contribution in [3.8, 4) is 11.3 Å². The van der Waals surface area contributed by atoms with Gasteiger partial charge >= 0.3 is 0 Å². The van der Waals surface area contributed by atoms with Gasteiger partial charge in [0.2, 0.25) is 11.8 Å². The van der Waals surface area contributed by atoms with E-state index >= 15 is 0 Å². The summed E-state index contributed by atoms with van der Waals surface area (Å²) in [5.41, 5.74) is 2.77. The van der Waals surface area contributed by atoms with Crippen molar-refractivity contribution in [3.05, 3.63) is 53.4 Å². The number of nitrogens with zero attached hydrogens (tertiary/aromatic N) is 2. The first-order valence-corrected chi connectivity index (χ1v) is 12.2. The lowest BCUT2D eigenvalue weighted by molar-refractivity contribution is -0.121. The minimum Gasteiger partial charge on any atom is -0.338 e. The van der Waals surface area contributed by atoms with Crippen molar-refractivity contribution in [2.75, 3.05) is 18.4 Å². The van der Waals surface area contributed by atoms with Crippen molar-refractivity contribution in [3.63, 3.8) is 0 Å². The number of nitrogens with one attached hydrogen (secondary N) is 1. The zero-order chi connectivity index (χ0) is 21.1. The fourth-order valence-electron chi connectivity index (χ4n) is 3.52. The van der Waals surface area contributed by atoms with Crippen LogP contribution in [-0.4, -0.2) is 36.9 Å². The van der Waals surface area contributed by atoms with Crippen LogP contribution in [0.25, 0.3) is 11.3 Å². The van der Waals surface area contributed by atoms with E-state index in [0.717, 1.165) is 12.0 Å². The smallest absolute Gasteiger partial charge is 0.252 e. The molecule has 1 unspecified atom stereocenters. The van der Waals surface area contributed by atoms with Gasteiger partial charge in [0.25, 0.3) is 10.0 Å². The fraction of sp³-hybridized carbons (Fsp3) is 0.333. The van der Waals surface area contributed by atoms with Crippen molar-refractivity contribution in [1.29, 1.82) is 0 Å². The van der Waals surface area contributed by atoms with Crippen LogP contribution in [0.15, 0.2) is 56.6 Å². The lowest BCUT2D eigenvalue weighted by Crippen LogP contribution is -2.43. The Morgan fingerprint density at radius 2 is 2.10 bits per heavy atom. The number of aryl methyl sites for hydroxylation is 1. The monoisotopic (exact) mass is 445 g/mol. The Balaban J connectivity index is 1.42. The number of amides is 1. The van der Waals surface area contributed by atoms with Gasteiger partial charge in [0, 0.05) is 24.7 Å². The third kappa shape index (κ3) is 4.33. The predicted molar refractivity (Wildman–Crippen MR) is 116 cm³/mol. The second-order valence-corrected chi connectivity index (χ2v) is 10.4. The number of sulfonamides is 1. The molecule has 1 aromatic carbocycles. The molecule has 1 fully saturated rings. The summed E-state index contributed by atoms with van der Waals surface area (Å²) >= 11 is 1.19. The van der Waals surface area contributed by atoms with E-state index in [0.29, 0.717) is 29.3 Å². The van der Waals surface area contributed by atoms with Gasteiger partial charge in [0.05, 0.1) is 5.92 Å². The molecular weight excluding hydrogens is 422 g/mol. The number of carbonyl (C=O) groups excluding carboxylic acids is 1. The maximum absolute atomic E-state index is 12.8. The fourth-order valence-corrected chi connectivity index (χ4v) is 6.19. The highest BCUT2D eigenvalue weighted by Gasteiger charge is 2.34. The van der Waals surface area contributed by atoms with Crippen LogP contribution in [0.2, 0.25) is 0 Å². The van der Waals surface area contributed by atoms with Crippen molar-refractivity contribution >= 4 is 33.2 Å². The Hall–Kier alpha value is -2.49. The van der Waals surface area contributed by atoms with Gasteiger partial charge in [-0.05, 0) is 36.3 Å². The second-order valence-electron chi connectivity index (χ2n) is 7.25. The molecule has 158 valence electrons. The highest BCUT2D eigenvalue weighted by molar-refractivity contribution is 7.91. The molecular formula is C21H23N3O4S2. The number of carbonyl (C=O) groups is 1. The van der Waals surface area contributed by atoms with E-state index in [2.05, 4.69) is 17.4 Å². The van der Waals surface area contributed by atoms with E-state index < -0.39 is 15.9 Å². The summed E-state index contributed by atoms with van der Waals surface area (Å²) in [5.74, 6) is -0.441. The normalized spacial score (nSPS) is 17.7. The first kappa shape index (κ1) is 20.8. The topological polar surface area (TPSA) is 92.5 Å². The summed E-state index contributed by atoms with van der Waals surface area (Å²) in [6.07, 6.45) is 2.22. The van der Waals surface area contributed by atoms with E-state index in [-0.39, 0.29) is 18.3 Å². The summed E-state index contributed by atoms with van der Waals surface area (Å²) in [6, 6.07) is 13.0. The van der Waals surface area contributed by atoms with Crippen molar-refractivity contribution < 1.29 is 17.7 Å². The van der Waals surface area contributed by atoms with Crippen molar-refractivity contribution in [2.24, 2.45) is 5.92 Å². The first-order chi connectivity index (χ1) is 14.5. The molecule has 4 rings (SSSR count). The number of piperidine rings is 1. The van der Waals surface area contributed by atoms with Crippen LogP contribution >= 0.6 is 11.3 Å². The van der Waals surface area contributed by atoms with Gasteiger partial charge in [-0.1, -0.05) is 42.4 Å². The molecule has 0 radical (unpaired) electrons. The summed E-state index contributed by atoms with van der Waals surface area (Å²) in [4.78, 5) is 12.7. The SMILES string of the molecule is CCc1ccc(-c2cc(NC(=O)C3CCCN(S(=O)(=O)c4cccs4)C3)on2)cc1. The largest absolute Gasteiger partial charge is 0.338 e. The number of hydrogen-bond donors (Lipinski definition) is 1. The zero-order valence-electron chi connectivity index (χ0n) is 16.6. The average Bonchev–Trinajstić information content (AvgIpc) is 3.47. The van der Waals surface area contributed by atoms with E-state index in [1.54, 1.807) is 23.6 Å². The highest BCUT2D eigenvalue weighted by atomic mass is 32.2. The molecule has 7 nitrogen and oxygen atoms in total. The quantitative estimate of drug-likeness (QED) is 0.619. The maximum atomic E-state index is 12.8. The lowest BCUT2D eigenvalue weighted by Gasteiger charge is -2.30. The van der Waals surface area contributed by atoms with E-state index in [1.807, 2.05) is 24.3 Å². The number of benzene rings is 1. The number of thiophene rings is 1. The van der Waals surface area contributed by atoms with Gasteiger partial charge < -0.3 is 4.52 Å². The Kier molecular flexibility index (Phi) is 6.03. The average molecular weight is 446 g/mol. The summed E-state index contributed by atoms with van der Waals surface area (Å²) in [6.45, 7) is 2.67. The molecule has 30 heavy (non-hydrogen) atoms. The van der Waals surface area contributed by atoms with Crippen LogP contribution in [0, 0.1) is 5.92 Å². The predicted octanol–water partition coefficient (Wildman–Crippen LogP) is 4.00. The molecule has 1 aliphatic heterocycles. The lowest BCUT2D eigenvalue weighted by atomic mass is 9.99. The molecule has 1 N–H and O–H groups in total. The second kappa shape index (κ2) is 8.71. The van der Waals surface area contributed by atoms with Crippen LogP contribution in [-0.2, 0) is 21.2 Å². The molecule has 1 atom stereocenters. The molecule has 1 saturated heterocycles. The number of hydrogen-bond acceptors (Lipinski definition) is 6. The van der Waals surface area contributed by atoms with E-state index in [9.17, 15) is 13.2 Å². The minimum absolute atomic E-state index is 0.158. The van der Waals surface area contributed by atoms with E-state index in [4.69, 9.17) is 4.52 Å². The van der Waals surface area contributed by atoms with Crippen LogP contribution in [0.3, 0.4) is 0 Å². The summed E-state index contributed by atoms with van der Waals surface area (Å²) in [5, 5.41) is 8.51. The maximum Gasteiger partial charge on any atom is 0.252 e. The van der Waals surface area contributed by atoms with Gasteiger partial charge in [0.15, 0.2) is 0 Å². The van der Waals surface area contributed by atoms with Gasteiger partial charge in [-0.3, -0.25) is 10.1 Å². The summed E-state index contributed by atoms with van der Waals surface area (Å²) in [7, 11) is -3.56. The molecule has 0 spiro atoms. The molecule has 9 heteroatoms. The van der Waals surface area contributed by atoms with Crippen molar-refractivity contribution in [1.82, 2.24) is 9.46 Å². The third-order valence-corrected chi connectivity index (χ3v) is 8.50. The summed E-state index contributed by atoms with van der Waals surface area (Å²) < 4.78 is 32.5. The van der Waals surface area contributed by atoms with Crippen LogP contribution in [0.1, 0.15) is 25.3 Å². The molecule has 3 heterocycles. The van der Waals surface area contributed by atoms with Crippen molar-refractivity contribution in [2.45, 2.75) is 30.4 Å². The molecule has 1 amide bonds. The zero-order valence-corrected chi connectivity index (χ0v) is 18.2. The van der Waals surface area contributed by atoms with Crippen LogP contribution < -0.4 is 5.32 Å². The first-order valence-electron chi connectivity index (χ1n) is 9.88. The number of aromatic nitrogens is 1. The highest BCUT2D eigenvalue weighted by Crippen LogP contribution is 2.28. The van der Waals surface area contributed by atoms with E-state index in [1.165, 1.54) is 21.2 Å².